The zero-order chi connectivity index (χ0) is 28.2. The van der Waals surface area contributed by atoms with Gasteiger partial charge in [0.1, 0.15) is 5.75 Å². The third kappa shape index (κ3) is 5.03. The van der Waals surface area contributed by atoms with E-state index in [1.807, 2.05) is 54.7 Å². The van der Waals surface area contributed by atoms with Crippen LogP contribution in [0.25, 0.3) is 17.0 Å². The molecular weight excluding hydrogens is 508 g/mol. The molecule has 8 heteroatoms. The van der Waals surface area contributed by atoms with Crippen molar-refractivity contribution in [2.45, 2.75) is 12.5 Å². The first-order valence-corrected chi connectivity index (χ1v) is 12.8. The summed E-state index contributed by atoms with van der Waals surface area (Å²) < 4.78 is 16.3. The molecule has 5 rings (SSSR count). The summed E-state index contributed by atoms with van der Waals surface area (Å²) in [5.74, 6) is 0.0887. The Balaban J connectivity index is 1.51. The molecule has 8 nitrogen and oxygen atoms in total. The van der Waals surface area contributed by atoms with Gasteiger partial charge in [-0.05, 0) is 59.5 Å². The number of aliphatic hydroxyl groups is 1. The molecule has 0 spiro atoms. The average molecular weight is 539 g/mol. The van der Waals surface area contributed by atoms with Crippen LogP contribution in [0.2, 0.25) is 0 Å². The van der Waals surface area contributed by atoms with Crippen molar-refractivity contribution in [2.24, 2.45) is 0 Å². The molecule has 1 amide bonds. The minimum atomic E-state index is -0.819. The highest BCUT2D eigenvalue weighted by Crippen LogP contribution is 2.41. The molecule has 1 atom stereocenters. The van der Waals surface area contributed by atoms with Crippen molar-refractivity contribution in [1.82, 2.24) is 9.88 Å². The summed E-state index contributed by atoms with van der Waals surface area (Å²) in [4.78, 5) is 31.7. The number of aromatic nitrogens is 1. The maximum Gasteiger partial charge on any atom is 0.290 e. The lowest BCUT2D eigenvalue weighted by atomic mass is 9.95. The first kappa shape index (κ1) is 26.6. The van der Waals surface area contributed by atoms with Crippen LogP contribution in [0.3, 0.4) is 0 Å². The Bertz CT molecular complexity index is 1620. The summed E-state index contributed by atoms with van der Waals surface area (Å²) in [6.07, 6.45) is 5.44. The van der Waals surface area contributed by atoms with E-state index in [4.69, 9.17) is 14.2 Å². The van der Waals surface area contributed by atoms with Crippen molar-refractivity contribution in [3.05, 3.63) is 107 Å². The maximum absolute atomic E-state index is 13.5. The highest BCUT2D eigenvalue weighted by atomic mass is 16.5. The van der Waals surface area contributed by atoms with E-state index in [1.165, 1.54) is 25.2 Å². The first-order chi connectivity index (χ1) is 19.4. The lowest BCUT2D eigenvalue weighted by Crippen LogP contribution is -2.33. The Labute approximate surface area is 232 Å². The lowest BCUT2D eigenvalue weighted by Gasteiger charge is -2.27. The van der Waals surface area contributed by atoms with Gasteiger partial charge < -0.3 is 29.2 Å². The van der Waals surface area contributed by atoms with E-state index in [1.54, 1.807) is 31.4 Å². The van der Waals surface area contributed by atoms with Gasteiger partial charge in [-0.2, -0.15) is 0 Å². The second-order valence-electron chi connectivity index (χ2n) is 9.36. The topological polar surface area (TPSA) is 101 Å². The fourth-order valence-electron chi connectivity index (χ4n) is 5.06. The highest BCUT2D eigenvalue weighted by molar-refractivity contribution is 6.14. The van der Waals surface area contributed by atoms with Crippen molar-refractivity contribution in [3.8, 4) is 17.2 Å². The molecule has 40 heavy (non-hydrogen) atoms. The number of allylic oxidation sites excluding steroid dienone is 1. The minimum Gasteiger partial charge on any atom is -0.503 e. The summed E-state index contributed by atoms with van der Waals surface area (Å²) in [5.41, 5.74) is 3.39. The molecule has 0 fully saturated rings. The largest absolute Gasteiger partial charge is 0.503 e. The molecule has 204 valence electrons. The van der Waals surface area contributed by atoms with Crippen molar-refractivity contribution in [2.75, 3.05) is 27.9 Å². The molecule has 0 bridgehead atoms. The summed E-state index contributed by atoms with van der Waals surface area (Å²) in [5, 5.41) is 12.0. The van der Waals surface area contributed by atoms with Crippen molar-refractivity contribution < 1.29 is 28.9 Å². The van der Waals surface area contributed by atoms with Gasteiger partial charge in [-0.1, -0.05) is 42.5 Å². The van der Waals surface area contributed by atoms with Gasteiger partial charge in [0.2, 0.25) is 0 Å². The molecule has 1 aromatic heterocycles. The SMILES string of the molecule is COc1ccc2[nH]cc(CCN3C(=O)C(O)=C(C(=O)/C=C/c4ccccc4)[C@H]3c3ccc(OC)c(OC)c3)c2c1. The van der Waals surface area contributed by atoms with Crippen molar-refractivity contribution >= 4 is 28.7 Å². The lowest BCUT2D eigenvalue weighted by molar-refractivity contribution is -0.129. The number of methoxy groups -OCH3 is 3. The quantitative estimate of drug-likeness (QED) is 0.262. The number of aromatic amines is 1. The van der Waals surface area contributed by atoms with E-state index in [0.717, 1.165) is 27.8 Å². The number of amides is 1. The standard InChI is InChI=1S/C32H30N2O6/c1-38-23-11-12-25-24(18-23)22(19-33-25)15-16-34-30(21-10-14-27(39-2)28(17-21)40-3)29(31(36)32(34)37)26(35)13-9-20-7-5-4-6-8-20/h4-14,17-19,30,33,36H,15-16H2,1-3H3/b13-9+/t30-/m1/s1. The molecule has 3 aromatic carbocycles. The molecule has 2 heterocycles. The Hall–Kier alpha value is -4.98. The number of hydrogen-bond donors (Lipinski definition) is 2. The fourth-order valence-corrected chi connectivity index (χ4v) is 5.06. The first-order valence-electron chi connectivity index (χ1n) is 12.8. The molecule has 0 unspecified atom stereocenters. The summed E-state index contributed by atoms with van der Waals surface area (Å²) in [7, 11) is 4.67. The van der Waals surface area contributed by atoms with Crippen LogP contribution in [0.15, 0.2) is 90.3 Å². The minimum absolute atomic E-state index is 0.0185. The van der Waals surface area contributed by atoms with Gasteiger partial charge in [-0.3, -0.25) is 9.59 Å². The van der Waals surface area contributed by atoms with E-state index >= 15 is 0 Å². The number of ether oxygens (including phenoxy) is 3. The molecular formula is C32H30N2O6. The van der Waals surface area contributed by atoms with E-state index in [-0.39, 0.29) is 12.1 Å². The average Bonchev–Trinajstić information content (AvgIpc) is 3.51. The molecule has 0 radical (unpaired) electrons. The van der Waals surface area contributed by atoms with Gasteiger partial charge in [0.15, 0.2) is 23.0 Å². The Morgan fingerprint density at radius 2 is 1.75 bits per heavy atom. The van der Waals surface area contributed by atoms with E-state index < -0.39 is 23.5 Å². The number of fused-ring (bicyclic) bond motifs is 1. The molecule has 0 saturated carbocycles. The normalized spacial score (nSPS) is 15.3. The number of benzene rings is 3. The molecule has 0 aliphatic carbocycles. The molecule has 2 N–H and O–H groups in total. The van der Waals surface area contributed by atoms with Crippen LogP contribution < -0.4 is 14.2 Å². The Morgan fingerprint density at radius 3 is 2.48 bits per heavy atom. The van der Waals surface area contributed by atoms with Crippen molar-refractivity contribution in [3.63, 3.8) is 0 Å². The number of carbonyl (C=O) groups is 2. The van der Waals surface area contributed by atoms with Crippen LogP contribution in [-0.4, -0.2) is 54.6 Å². The fraction of sp³-hybridized carbons (Fsp3) is 0.188. The third-order valence-electron chi connectivity index (χ3n) is 7.12. The van der Waals surface area contributed by atoms with Crippen LogP contribution in [0.5, 0.6) is 17.2 Å². The predicted molar refractivity (Wildman–Crippen MR) is 153 cm³/mol. The number of ketones is 1. The number of H-pyrrole nitrogens is 1. The second-order valence-corrected chi connectivity index (χ2v) is 9.36. The van der Waals surface area contributed by atoms with Crippen LogP contribution in [0.4, 0.5) is 0 Å². The van der Waals surface area contributed by atoms with Gasteiger partial charge in [-0.25, -0.2) is 0 Å². The van der Waals surface area contributed by atoms with E-state index in [2.05, 4.69) is 4.98 Å². The number of aliphatic hydroxyl groups excluding tert-OH is 1. The monoisotopic (exact) mass is 538 g/mol. The summed E-state index contributed by atoms with van der Waals surface area (Å²) in [6, 6.07) is 19.5. The predicted octanol–water partition coefficient (Wildman–Crippen LogP) is 5.41. The Kier molecular flexibility index (Phi) is 7.59. The molecule has 1 aliphatic rings. The summed E-state index contributed by atoms with van der Waals surface area (Å²) in [6.45, 7) is 0.255. The van der Waals surface area contributed by atoms with Gasteiger partial charge in [0.25, 0.3) is 5.91 Å². The Morgan fingerprint density at radius 1 is 0.975 bits per heavy atom. The number of nitrogens with zero attached hydrogens (tertiary/aromatic N) is 1. The molecule has 0 saturated heterocycles. The third-order valence-corrected chi connectivity index (χ3v) is 7.12. The van der Waals surface area contributed by atoms with Crippen molar-refractivity contribution in [1.29, 1.82) is 0 Å². The van der Waals surface area contributed by atoms with Gasteiger partial charge in [0, 0.05) is 23.6 Å². The van der Waals surface area contributed by atoms with E-state index in [0.29, 0.717) is 23.5 Å². The van der Waals surface area contributed by atoms with Crippen LogP contribution in [0, 0.1) is 0 Å². The van der Waals surface area contributed by atoms with Crippen LogP contribution in [-0.2, 0) is 16.0 Å². The highest BCUT2D eigenvalue weighted by Gasteiger charge is 2.43. The number of nitrogens with one attached hydrogen (secondary N) is 1. The molecule has 4 aromatic rings. The van der Waals surface area contributed by atoms with Crippen LogP contribution in [0.1, 0.15) is 22.7 Å². The number of hydrogen-bond acceptors (Lipinski definition) is 6. The van der Waals surface area contributed by atoms with E-state index in [9.17, 15) is 14.7 Å². The smallest absolute Gasteiger partial charge is 0.290 e. The van der Waals surface area contributed by atoms with Gasteiger partial charge >= 0.3 is 0 Å². The molecule has 1 aliphatic heterocycles. The number of carbonyl (C=O) groups excluding carboxylic acids is 2. The zero-order valence-corrected chi connectivity index (χ0v) is 22.5. The van der Waals surface area contributed by atoms with Crippen LogP contribution >= 0.6 is 0 Å². The summed E-state index contributed by atoms with van der Waals surface area (Å²) >= 11 is 0. The van der Waals surface area contributed by atoms with Gasteiger partial charge in [0.05, 0.1) is 32.9 Å². The zero-order valence-electron chi connectivity index (χ0n) is 22.5. The number of rotatable bonds is 10. The maximum atomic E-state index is 13.5. The second kappa shape index (κ2) is 11.4. The van der Waals surface area contributed by atoms with Gasteiger partial charge in [-0.15, -0.1) is 0 Å².